The van der Waals surface area contributed by atoms with E-state index in [1.807, 2.05) is 24.3 Å². The third kappa shape index (κ3) is 6.70. The number of amides is 3. The number of aromatic nitrogens is 1. The van der Waals surface area contributed by atoms with Crippen molar-refractivity contribution in [3.8, 4) is 0 Å². The molecule has 1 unspecified atom stereocenters. The van der Waals surface area contributed by atoms with E-state index >= 15 is 0 Å². The Labute approximate surface area is 180 Å². The van der Waals surface area contributed by atoms with Crippen molar-refractivity contribution < 1.29 is 19.1 Å². The van der Waals surface area contributed by atoms with Gasteiger partial charge in [-0.15, -0.1) is 0 Å². The van der Waals surface area contributed by atoms with Gasteiger partial charge in [-0.1, -0.05) is 24.8 Å². The maximum atomic E-state index is 12.8. The number of benzene rings is 1. The van der Waals surface area contributed by atoms with Crippen LogP contribution in [0.4, 0.5) is 4.79 Å². The van der Waals surface area contributed by atoms with E-state index in [-0.39, 0.29) is 17.1 Å². The summed E-state index contributed by atoms with van der Waals surface area (Å²) in [6.45, 7) is 10.2. The molecule has 2 rings (SSSR count). The standard InChI is InChI=1S/C21H26N4O4S/c1-12(2)17(26)24-19(30)25-18(27)16(23-20(28)29-21(3,4)5)10-13-11-22-15-9-7-6-8-14(13)15/h6-9,11,16,22H,1,10H2,2-5H3,(H,23,28)(H2,24,25,26,27,30). The molecule has 1 aromatic carbocycles. The monoisotopic (exact) mass is 430 g/mol. The van der Waals surface area contributed by atoms with Gasteiger partial charge in [0.05, 0.1) is 0 Å². The van der Waals surface area contributed by atoms with E-state index in [4.69, 9.17) is 17.0 Å². The molecule has 0 fully saturated rings. The number of rotatable bonds is 5. The van der Waals surface area contributed by atoms with Gasteiger partial charge in [0.2, 0.25) is 5.91 Å². The second kappa shape index (κ2) is 9.53. The summed E-state index contributed by atoms with van der Waals surface area (Å²) in [4.78, 5) is 39.9. The van der Waals surface area contributed by atoms with Crippen LogP contribution in [-0.2, 0) is 20.7 Å². The first-order chi connectivity index (χ1) is 14.0. The number of carbonyl (C=O) groups excluding carboxylic acids is 3. The SMILES string of the molecule is C=C(C)C(=O)NC(=S)NC(=O)C(Cc1c[nH]c2ccccc12)NC(=O)OC(C)(C)C. The number of carbonyl (C=O) groups is 3. The number of para-hydroxylation sites is 1. The molecule has 8 nitrogen and oxygen atoms in total. The number of aromatic amines is 1. The quantitative estimate of drug-likeness (QED) is 0.430. The molecule has 3 amide bonds. The number of H-pyrrole nitrogens is 1. The first-order valence-electron chi connectivity index (χ1n) is 9.32. The number of thiocarbonyl (C=S) groups is 1. The maximum absolute atomic E-state index is 12.8. The van der Waals surface area contributed by atoms with Crippen LogP contribution >= 0.6 is 12.2 Å². The zero-order valence-corrected chi connectivity index (χ0v) is 18.2. The zero-order chi connectivity index (χ0) is 22.5. The maximum Gasteiger partial charge on any atom is 0.408 e. The molecule has 1 heterocycles. The van der Waals surface area contributed by atoms with Crippen molar-refractivity contribution in [3.05, 3.63) is 48.2 Å². The van der Waals surface area contributed by atoms with Gasteiger partial charge in [0.15, 0.2) is 5.11 Å². The Kier molecular flexibility index (Phi) is 7.33. The molecule has 4 N–H and O–H groups in total. The fourth-order valence-electron chi connectivity index (χ4n) is 2.62. The summed E-state index contributed by atoms with van der Waals surface area (Å²) in [6, 6.07) is 6.63. The highest BCUT2D eigenvalue weighted by molar-refractivity contribution is 7.80. The summed E-state index contributed by atoms with van der Waals surface area (Å²) < 4.78 is 5.27. The second-order valence-corrected chi connectivity index (χ2v) is 8.22. The van der Waals surface area contributed by atoms with Gasteiger partial charge in [-0.25, -0.2) is 4.79 Å². The van der Waals surface area contributed by atoms with Gasteiger partial charge in [-0.05, 0) is 51.5 Å². The van der Waals surface area contributed by atoms with E-state index in [0.29, 0.717) is 0 Å². The highest BCUT2D eigenvalue weighted by atomic mass is 32.1. The minimum absolute atomic E-state index is 0.178. The van der Waals surface area contributed by atoms with Crippen LogP contribution in [0.15, 0.2) is 42.6 Å². The average molecular weight is 431 g/mol. The Morgan fingerprint density at radius 1 is 1.20 bits per heavy atom. The molecule has 0 spiro atoms. The molecule has 0 aliphatic rings. The summed E-state index contributed by atoms with van der Waals surface area (Å²) in [5.74, 6) is -1.09. The van der Waals surface area contributed by atoms with Gasteiger partial charge in [-0.3, -0.25) is 14.9 Å². The van der Waals surface area contributed by atoms with E-state index in [1.165, 1.54) is 6.92 Å². The van der Waals surface area contributed by atoms with Crippen molar-refractivity contribution in [1.29, 1.82) is 0 Å². The smallest absolute Gasteiger partial charge is 0.408 e. The molecule has 0 saturated heterocycles. The third-order valence-corrected chi connectivity index (χ3v) is 4.16. The summed E-state index contributed by atoms with van der Waals surface area (Å²) in [7, 11) is 0. The molecule has 0 saturated carbocycles. The van der Waals surface area contributed by atoms with Gasteiger partial charge in [0.1, 0.15) is 11.6 Å². The van der Waals surface area contributed by atoms with E-state index < -0.39 is 29.6 Å². The van der Waals surface area contributed by atoms with Crippen LogP contribution in [0.5, 0.6) is 0 Å². The van der Waals surface area contributed by atoms with Crippen molar-refractivity contribution in [2.45, 2.75) is 45.8 Å². The second-order valence-electron chi connectivity index (χ2n) is 7.82. The molecule has 1 atom stereocenters. The molecule has 0 aliphatic heterocycles. The van der Waals surface area contributed by atoms with Crippen molar-refractivity contribution >= 4 is 46.1 Å². The first kappa shape index (κ1) is 23.1. The van der Waals surface area contributed by atoms with Crippen molar-refractivity contribution in [2.24, 2.45) is 0 Å². The Morgan fingerprint density at radius 2 is 1.87 bits per heavy atom. The Hall–Kier alpha value is -3.20. The van der Waals surface area contributed by atoms with Gasteiger partial charge in [0.25, 0.3) is 5.91 Å². The third-order valence-electron chi connectivity index (χ3n) is 3.96. The van der Waals surface area contributed by atoms with Crippen LogP contribution < -0.4 is 16.0 Å². The number of fused-ring (bicyclic) bond motifs is 1. The van der Waals surface area contributed by atoms with Gasteiger partial charge >= 0.3 is 6.09 Å². The zero-order valence-electron chi connectivity index (χ0n) is 17.4. The number of hydrogen-bond acceptors (Lipinski definition) is 5. The van der Waals surface area contributed by atoms with E-state index in [1.54, 1.807) is 27.0 Å². The predicted molar refractivity (Wildman–Crippen MR) is 119 cm³/mol. The summed E-state index contributed by atoms with van der Waals surface area (Å²) in [5.41, 5.74) is 1.26. The lowest BCUT2D eigenvalue weighted by atomic mass is 10.0. The largest absolute Gasteiger partial charge is 0.444 e. The number of nitrogens with one attached hydrogen (secondary N) is 4. The minimum atomic E-state index is -0.987. The Morgan fingerprint density at radius 3 is 2.50 bits per heavy atom. The summed E-state index contributed by atoms with van der Waals surface area (Å²) in [5, 5.41) is 8.12. The number of alkyl carbamates (subject to hydrolysis) is 1. The van der Waals surface area contributed by atoms with Gasteiger partial charge < -0.3 is 20.4 Å². The molecule has 30 heavy (non-hydrogen) atoms. The van der Waals surface area contributed by atoms with Gasteiger partial charge in [-0.2, -0.15) is 0 Å². The van der Waals surface area contributed by atoms with Crippen LogP contribution in [0.25, 0.3) is 10.9 Å². The fraction of sp³-hybridized carbons (Fsp3) is 0.333. The molecule has 0 radical (unpaired) electrons. The lowest BCUT2D eigenvalue weighted by Crippen LogP contribution is -2.53. The first-order valence-corrected chi connectivity index (χ1v) is 9.73. The molecule has 1 aromatic heterocycles. The van der Waals surface area contributed by atoms with E-state index in [0.717, 1.165) is 16.5 Å². The fourth-order valence-corrected chi connectivity index (χ4v) is 2.81. The normalized spacial score (nSPS) is 12.0. The number of hydrogen-bond donors (Lipinski definition) is 4. The van der Waals surface area contributed by atoms with Gasteiger partial charge in [0, 0.05) is 29.1 Å². The molecule has 0 bridgehead atoms. The van der Waals surface area contributed by atoms with E-state index in [9.17, 15) is 14.4 Å². The molecule has 9 heteroatoms. The lowest BCUT2D eigenvalue weighted by Gasteiger charge is -2.23. The highest BCUT2D eigenvalue weighted by Crippen LogP contribution is 2.19. The lowest BCUT2D eigenvalue weighted by molar-refractivity contribution is -0.121. The number of ether oxygens (including phenoxy) is 1. The molecular formula is C21H26N4O4S. The van der Waals surface area contributed by atoms with Crippen molar-refractivity contribution in [3.63, 3.8) is 0 Å². The van der Waals surface area contributed by atoms with Crippen LogP contribution in [0.2, 0.25) is 0 Å². The molecular weight excluding hydrogens is 404 g/mol. The average Bonchev–Trinajstić information content (AvgIpc) is 3.02. The predicted octanol–water partition coefficient (Wildman–Crippen LogP) is 2.70. The van der Waals surface area contributed by atoms with Crippen LogP contribution in [0, 0.1) is 0 Å². The van der Waals surface area contributed by atoms with Crippen LogP contribution in [0.1, 0.15) is 33.3 Å². The van der Waals surface area contributed by atoms with Crippen molar-refractivity contribution in [2.75, 3.05) is 0 Å². The summed E-state index contributed by atoms with van der Waals surface area (Å²) in [6.07, 6.45) is 1.23. The summed E-state index contributed by atoms with van der Waals surface area (Å²) >= 11 is 5.02. The molecule has 2 aromatic rings. The van der Waals surface area contributed by atoms with E-state index in [2.05, 4.69) is 27.5 Å². The van der Waals surface area contributed by atoms with Crippen LogP contribution in [0.3, 0.4) is 0 Å². The Balaban J connectivity index is 2.18. The Bertz CT molecular complexity index is 990. The van der Waals surface area contributed by atoms with Crippen molar-refractivity contribution in [1.82, 2.24) is 20.9 Å². The molecule has 0 aliphatic carbocycles. The topological polar surface area (TPSA) is 112 Å². The van der Waals surface area contributed by atoms with Crippen LogP contribution in [-0.4, -0.2) is 39.6 Å². The minimum Gasteiger partial charge on any atom is -0.444 e. The molecule has 160 valence electrons. The highest BCUT2D eigenvalue weighted by Gasteiger charge is 2.26.